The van der Waals surface area contributed by atoms with Gasteiger partial charge in [-0.25, -0.2) is 4.98 Å². The van der Waals surface area contributed by atoms with Crippen LogP contribution in [0.2, 0.25) is 0 Å². The van der Waals surface area contributed by atoms with E-state index in [-0.39, 0.29) is 29.1 Å². The van der Waals surface area contributed by atoms with Crippen LogP contribution in [0.4, 0.5) is 0 Å². The highest BCUT2D eigenvalue weighted by atomic mass is 16.5. The third-order valence-electron chi connectivity index (χ3n) is 5.80. The van der Waals surface area contributed by atoms with E-state index < -0.39 is 0 Å². The van der Waals surface area contributed by atoms with Crippen LogP contribution < -0.4 is 10.3 Å². The number of aryl methyl sites for hydroxylation is 1. The van der Waals surface area contributed by atoms with Gasteiger partial charge in [0.1, 0.15) is 11.6 Å². The van der Waals surface area contributed by atoms with E-state index in [9.17, 15) is 14.4 Å². The fraction of sp³-hybridized carbons (Fsp3) is 0.500. The quantitative estimate of drug-likeness (QED) is 0.655. The van der Waals surface area contributed by atoms with Crippen LogP contribution in [-0.2, 0) is 11.2 Å². The van der Waals surface area contributed by atoms with Crippen molar-refractivity contribution in [1.82, 2.24) is 14.9 Å². The van der Waals surface area contributed by atoms with Gasteiger partial charge in [-0.15, -0.1) is 0 Å². The molecule has 1 N–H and O–H groups in total. The number of amides is 1. The number of hydrogen-bond acceptors (Lipinski definition) is 5. The van der Waals surface area contributed by atoms with Crippen molar-refractivity contribution >= 4 is 11.7 Å². The third-order valence-corrected chi connectivity index (χ3v) is 5.80. The van der Waals surface area contributed by atoms with E-state index in [0.717, 1.165) is 11.4 Å². The number of aromatic amines is 1. The molecule has 31 heavy (non-hydrogen) atoms. The van der Waals surface area contributed by atoms with Gasteiger partial charge < -0.3 is 14.6 Å². The van der Waals surface area contributed by atoms with Gasteiger partial charge in [-0.2, -0.15) is 0 Å². The Morgan fingerprint density at radius 1 is 1.19 bits per heavy atom. The summed E-state index contributed by atoms with van der Waals surface area (Å²) in [5.74, 6) is 1.72. The van der Waals surface area contributed by atoms with Gasteiger partial charge in [0.2, 0.25) is 5.91 Å². The summed E-state index contributed by atoms with van der Waals surface area (Å²) < 4.78 is 5.14. The van der Waals surface area contributed by atoms with Crippen LogP contribution in [0.1, 0.15) is 67.3 Å². The molecule has 166 valence electrons. The normalized spacial score (nSPS) is 14.6. The molecule has 0 atom stereocenters. The van der Waals surface area contributed by atoms with Gasteiger partial charge in [-0.3, -0.25) is 14.4 Å². The van der Waals surface area contributed by atoms with E-state index >= 15 is 0 Å². The molecule has 0 aliphatic carbocycles. The van der Waals surface area contributed by atoms with Gasteiger partial charge in [0.25, 0.3) is 5.56 Å². The van der Waals surface area contributed by atoms with Gasteiger partial charge in [0.15, 0.2) is 5.78 Å². The monoisotopic (exact) mass is 425 g/mol. The van der Waals surface area contributed by atoms with Gasteiger partial charge in [0.05, 0.1) is 12.8 Å². The van der Waals surface area contributed by atoms with Crippen molar-refractivity contribution in [3.05, 3.63) is 57.8 Å². The number of nitrogens with one attached hydrogen (secondary N) is 1. The standard InChI is InChI=1S/C24H31N3O4/c1-16(2)20-15-22(28)26-21(25-20)5-4-6-23(29)27-13-11-18(12-14-27)24(30)17-7-9-19(31-3)10-8-17/h7-10,15-16,18H,4-6,11-14H2,1-3H3,(H,25,26,28). The average Bonchev–Trinajstić information content (AvgIpc) is 2.78. The molecule has 1 saturated heterocycles. The molecule has 1 aliphatic rings. The van der Waals surface area contributed by atoms with Crippen LogP contribution in [0, 0.1) is 5.92 Å². The van der Waals surface area contributed by atoms with E-state index in [2.05, 4.69) is 9.97 Å². The molecule has 1 aliphatic heterocycles. The van der Waals surface area contributed by atoms with Crippen molar-refractivity contribution in [1.29, 1.82) is 0 Å². The van der Waals surface area contributed by atoms with Gasteiger partial charge in [-0.05, 0) is 49.4 Å². The van der Waals surface area contributed by atoms with Crippen molar-refractivity contribution in [3.8, 4) is 5.75 Å². The van der Waals surface area contributed by atoms with Crippen LogP contribution in [0.25, 0.3) is 0 Å². The maximum absolute atomic E-state index is 12.7. The molecule has 7 nitrogen and oxygen atoms in total. The van der Waals surface area contributed by atoms with Crippen LogP contribution in [0.15, 0.2) is 35.1 Å². The second-order valence-electron chi connectivity index (χ2n) is 8.37. The molecule has 1 aromatic heterocycles. The first kappa shape index (κ1) is 22.7. The highest BCUT2D eigenvalue weighted by molar-refractivity contribution is 5.98. The summed E-state index contributed by atoms with van der Waals surface area (Å²) in [6.45, 7) is 5.20. The molecule has 1 amide bonds. The highest BCUT2D eigenvalue weighted by Gasteiger charge is 2.27. The summed E-state index contributed by atoms with van der Waals surface area (Å²) >= 11 is 0. The van der Waals surface area contributed by atoms with E-state index in [1.165, 1.54) is 6.07 Å². The Hall–Kier alpha value is -2.96. The Balaban J connectivity index is 1.46. The fourth-order valence-electron chi connectivity index (χ4n) is 3.89. The largest absolute Gasteiger partial charge is 0.497 e. The van der Waals surface area contributed by atoms with Gasteiger partial charge in [-0.1, -0.05) is 13.8 Å². The SMILES string of the molecule is COc1ccc(C(=O)C2CCN(C(=O)CCCc3nc(C(C)C)cc(=O)[nH]3)CC2)cc1. The number of methoxy groups -OCH3 is 1. The smallest absolute Gasteiger partial charge is 0.251 e. The minimum Gasteiger partial charge on any atom is -0.497 e. The molecular formula is C24H31N3O4. The van der Waals surface area contributed by atoms with Crippen LogP contribution >= 0.6 is 0 Å². The Labute approximate surface area is 182 Å². The van der Waals surface area contributed by atoms with Crippen molar-refractivity contribution in [3.63, 3.8) is 0 Å². The van der Waals surface area contributed by atoms with Crippen LogP contribution in [0.5, 0.6) is 5.75 Å². The van der Waals surface area contributed by atoms with Crippen LogP contribution in [0.3, 0.4) is 0 Å². The molecule has 2 aromatic rings. The summed E-state index contributed by atoms with van der Waals surface area (Å²) in [5, 5.41) is 0. The Morgan fingerprint density at radius 2 is 1.87 bits per heavy atom. The van der Waals surface area contributed by atoms with Crippen molar-refractivity contribution in [2.75, 3.05) is 20.2 Å². The zero-order valence-electron chi connectivity index (χ0n) is 18.5. The zero-order valence-corrected chi connectivity index (χ0v) is 18.5. The predicted molar refractivity (Wildman–Crippen MR) is 119 cm³/mol. The third kappa shape index (κ3) is 6.03. The van der Waals surface area contributed by atoms with E-state index in [4.69, 9.17) is 4.74 Å². The lowest BCUT2D eigenvalue weighted by Gasteiger charge is -2.31. The summed E-state index contributed by atoms with van der Waals surface area (Å²) in [6.07, 6.45) is 2.97. The molecule has 1 aromatic carbocycles. The Bertz CT molecular complexity index is 958. The molecule has 0 spiro atoms. The minimum atomic E-state index is -0.149. The average molecular weight is 426 g/mol. The second-order valence-corrected chi connectivity index (χ2v) is 8.37. The number of ether oxygens (including phenoxy) is 1. The fourth-order valence-corrected chi connectivity index (χ4v) is 3.89. The minimum absolute atomic E-state index is 0.0505. The van der Waals surface area contributed by atoms with Gasteiger partial charge in [0, 0.05) is 43.5 Å². The highest BCUT2D eigenvalue weighted by Crippen LogP contribution is 2.23. The molecule has 0 saturated carbocycles. The Kier molecular flexibility index (Phi) is 7.60. The second kappa shape index (κ2) is 10.4. The van der Waals surface area contributed by atoms with E-state index in [0.29, 0.717) is 56.6 Å². The molecule has 7 heteroatoms. The van der Waals surface area contributed by atoms with Crippen molar-refractivity contribution < 1.29 is 14.3 Å². The number of carbonyl (C=O) groups is 2. The summed E-state index contributed by atoms with van der Waals surface area (Å²) in [4.78, 5) is 46.2. The predicted octanol–water partition coefficient (Wildman–Crippen LogP) is 3.35. The van der Waals surface area contributed by atoms with E-state index in [1.54, 1.807) is 31.4 Å². The molecule has 0 radical (unpaired) electrons. The number of benzene rings is 1. The molecule has 1 fully saturated rings. The number of H-pyrrole nitrogens is 1. The van der Waals surface area contributed by atoms with Gasteiger partial charge >= 0.3 is 0 Å². The number of nitrogens with zero attached hydrogens (tertiary/aromatic N) is 2. The number of carbonyl (C=O) groups excluding carboxylic acids is 2. The molecule has 3 rings (SSSR count). The lowest BCUT2D eigenvalue weighted by molar-refractivity contribution is -0.132. The molecule has 2 heterocycles. The number of rotatable bonds is 8. The first-order valence-electron chi connectivity index (χ1n) is 10.9. The van der Waals surface area contributed by atoms with Crippen molar-refractivity contribution in [2.45, 2.75) is 51.9 Å². The summed E-state index contributed by atoms with van der Waals surface area (Å²) in [6, 6.07) is 8.71. The molecule has 0 unspecified atom stereocenters. The molecule has 0 bridgehead atoms. The molecular weight excluding hydrogens is 394 g/mol. The number of aromatic nitrogens is 2. The first-order chi connectivity index (χ1) is 14.9. The first-order valence-corrected chi connectivity index (χ1v) is 10.9. The number of Topliss-reactive ketones (excluding diaryl/α,β-unsaturated/α-hetero) is 1. The maximum Gasteiger partial charge on any atom is 0.251 e. The lowest BCUT2D eigenvalue weighted by Crippen LogP contribution is -2.40. The Morgan fingerprint density at radius 3 is 2.48 bits per heavy atom. The number of hydrogen-bond donors (Lipinski definition) is 1. The summed E-state index contributed by atoms with van der Waals surface area (Å²) in [7, 11) is 1.60. The van der Waals surface area contributed by atoms with Crippen LogP contribution in [-0.4, -0.2) is 46.8 Å². The maximum atomic E-state index is 12.7. The topological polar surface area (TPSA) is 92.4 Å². The van der Waals surface area contributed by atoms with Crippen molar-refractivity contribution in [2.24, 2.45) is 5.92 Å². The lowest BCUT2D eigenvalue weighted by atomic mass is 9.88. The number of ketones is 1. The number of piperidine rings is 1. The summed E-state index contributed by atoms with van der Waals surface area (Å²) in [5.41, 5.74) is 1.31. The zero-order chi connectivity index (χ0) is 22.4. The van der Waals surface area contributed by atoms with E-state index in [1.807, 2.05) is 18.7 Å². The number of likely N-dealkylation sites (tertiary alicyclic amines) is 1.